The van der Waals surface area contributed by atoms with E-state index in [-0.39, 0.29) is 56.6 Å². The smallest absolute Gasteiger partial charge is 0.387 e. The summed E-state index contributed by atoms with van der Waals surface area (Å²) in [5.74, 6) is -2.69. The lowest BCUT2D eigenvalue weighted by molar-refractivity contribution is -0.0507. The Morgan fingerprint density at radius 2 is 1.82 bits per heavy atom. The van der Waals surface area contributed by atoms with Gasteiger partial charge < -0.3 is 18.8 Å². The van der Waals surface area contributed by atoms with Crippen molar-refractivity contribution in [1.82, 2.24) is 14.5 Å². The minimum Gasteiger partial charge on any atom is -0.434 e. The van der Waals surface area contributed by atoms with Gasteiger partial charge in [0.1, 0.15) is 30.4 Å². The van der Waals surface area contributed by atoms with E-state index in [2.05, 4.69) is 4.98 Å². The van der Waals surface area contributed by atoms with Crippen LogP contribution in [0.25, 0.3) is 22.2 Å². The van der Waals surface area contributed by atoms with Gasteiger partial charge in [-0.15, -0.1) is 0 Å². The molecule has 2 aliphatic rings. The van der Waals surface area contributed by atoms with E-state index in [1.807, 2.05) is 0 Å². The maximum atomic E-state index is 15.4. The number of carbonyl (C=O) groups is 1. The van der Waals surface area contributed by atoms with E-state index >= 15 is 8.78 Å². The second-order valence-corrected chi connectivity index (χ2v) is 12.9. The lowest BCUT2D eigenvalue weighted by atomic mass is 9.97. The second kappa shape index (κ2) is 8.43. The minimum absolute atomic E-state index is 0.0168. The summed E-state index contributed by atoms with van der Waals surface area (Å²) in [5, 5.41) is 0.285. The van der Waals surface area contributed by atoms with Crippen LogP contribution in [0.2, 0.25) is 0 Å². The first kappa shape index (κ1) is 21.3. The fraction of sp³-hybridized carbons (Fsp3) is 0.259. The fourth-order valence-corrected chi connectivity index (χ4v) is 6.25. The molecule has 38 heavy (non-hydrogen) atoms. The summed E-state index contributed by atoms with van der Waals surface area (Å²) in [6.07, 6.45) is -0.0168. The first-order valence-corrected chi connectivity index (χ1v) is 14.2. The van der Waals surface area contributed by atoms with Crippen LogP contribution in [-0.2, 0) is 4.57 Å². The van der Waals surface area contributed by atoms with Crippen LogP contribution in [-0.4, -0.2) is 47.3 Å². The van der Waals surface area contributed by atoms with Crippen LogP contribution in [0.1, 0.15) is 44.4 Å². The zero-order valence-corrected chi connectivity index (χ0v) is 21.0. The molecule has 3 aromatic carbocycles. The van der Waals surface area contributed by atoms with Gasteiger partial charge in [0.2, 0.25) is 0 Å². The normalized spacial score (nSPS) is 20.1. The van der Waals surface area contributed by atoms with E-state index in [4.69, 9.17) is 8.85 Å². The second-order valence-electron chi connectivity index (χ2n) is 9.71. The molecular formula is C27H22F4N3O3P. The van der Waals surface area contributed by atoms with Gasteiger partial charge in [-0.3, -0.25) is 4.79 Å². The van der Waals surface area contributed by atoms with Crippen molar-refractivity contribution < 1.29 is 35.8 Å². The highest BCUT2D eigenvalue weighted by Gasteiger charge is 2.45. The Labute approximate surface area is 219 Å². The zero-order chi connectivity index (χ0) is 29.6. The maximum Gasteiger partial charge on any atom is 0.387 e. The first-order valence-electron chi connectivity index (χ1n) is 13.1. The lowest BCUT2D eigenvalue weighted by Crippen LogP contribution is -2.30. The number of alkyl halides is 2. The van der Waals surface area contributed by atoms with Gasteiger partial charge in [-0.05, 0) is 37.6 Å². The number of hydrogen-bond donors (Lipinski definition) is 0. The van der Waals surface area contributed by atoms with E-state index in [9.17, 15) is 18.1 Å². The molecule has 2 bridgehead atoms. The third-order valence-electron chi connectivity index (χ3n) is 7.10. The fourth-order valence-electron chi connectivity index (χ4n) is 5.40. The molecule has 1 aromatic heterocycles. The number of hydrogen-bond acceptors (Lipinski definition) is 4. The van der Waals surface area contributed by atoms with Crippen molar-refractivity contribution in [2.45, 2.75) is 25.1 Å². The van der Waals surface area contributed by atoms with Crippen molar-refractivity contribution in [3.8, 4) is 16.9 Å². The summed E-state index contributed by atoms with van der Waals surface area (Å²) in [6.45, 7) is -3.16. The van der Waals surface area contributed by atoms with Crippen LogP contribution >= 0.6 is 7.14 Å². The number of ether oxygens (including phenoxy) is 1. The van der Waals surface area contributed by atoms with Crippen LogP contribution in [0.4, 0.5) is 17.6 Å². The standard InChI is InChI=1S/C27H22F4N3O3P/c1-33-22-12-21(24-15(26(33)35)5-4-6-23(24)37-27(30)31)34-20-10-16(18(29)11-19(20)32-25(22)34)14-8-7-13(9-17(14)28)38(2,3)36/h4-11,21-22,27H,12H2,1-3H3/t21-,22-/m1/s1/i1D3. The van der Waals surface area contributed by atoms with Crippen LogP contribution in [0.15, 0.2) is 48.5 Å². The summed E-state index contributed by atoms with van der Waals surface area (Å²) in [7, 11) is -2.79. The molecule has 11 heteroatoms. The monoisotopic (exact) mass is 546 g/mol. The molecule has 0 unspecified atom stereocenters. The van der Waals surface area contributed by atoms with Gasteiger partial charge >= 0.3 is 6.61 Å². The molecule has 0 N–H and O–H groups in total. The number of aromatic nitrogens is 2. The number of rotatable bonds is 4. The number of benzene rings is 3. The highest BCUT2D eigenvalue weighted by atomic mass is 31.2. The Kier molecular flexibility index (Phi) is 4.72. The summed E-state index contributed by atoms with van der Waals surface area (Å²) in [6, 6.07) is 8.28. The predicted octanol–water partition coefficient (Wildman–Crippen LogP) is 5.95. The molecule has 0 saturated carbocycles. The van der Waals surface area contributed by atoms with Crippen LogP contribution < -0.4 is 10.0 Å². The number of imidazole rings is 1. The molecule has 0 fully saturated rings. The molecule has 2 aliphatic heterocycles. The average molecular weight is 546 g/mol. The largest absolute Gasteiger partial charge is 0.434 e. The van der Waals surface area contributed by atoms with E-state index < -0.39 is 50.4 Å². The van der Waals surface area contributed by atoms with Crippen molar-refractivity contribution in [3.63, 3.8) is 0 Å². The summed E-state index contributed by atoms with van der Waals surface area (Å²) in [5.41, 5.74) is 0.0841. The predicted molar refractivity (Wildman–Crippen MR) is 135 cm³/mol. The topological polar surface area (TPSA) is 64.4 Å². The lowest BCUT2D eigenvalue weighted by Gasteiger charge is -2.24. The number of fused-ring (bicyclic) bond motifs is 9. The zero-order valence-electron chi connectivity index (χ0n) is 23.1. The Bertz CT molecular complexity index is 1800. The van der Waals surface area contributed by atoms with Crippen LogP contribution in [0.5, 0.6) is 5.75 Å². The van der Waals surface area contributed by atoms with Crippen molar-refractivity contribution >= 4 is 29.4 Å². The minimum atomic E-state index is -3.22. The third kappa shape index (κ3) is 3.65. The number of amides is 1. The molecule has 4 aromatic rings. The molecule has 0 aliphatic carbocycles. The van der Waals surface area contributed by atoms with Gasteiger partial charge in [-0.25, -0.2) is 13.8 Å². The SMILES string of the molecule is [2H]C([2H])([2H])N1C(=O)c2cccc(OC(F)F)c2[C@H]2C[C@@H]1c1nc3cc(F)c(-c4ccc(P(C)(C)=O)cc4F)cc3n12. The van der Waals surface area contributed by atoms with Gasteiger partial charge in [0, 0.05) is 51.1 Å². The average Bonchev–Trinajstić information content (AvgIpc) is 3.34. The van der Waals surface area contributed by atoms with E-state index in [0.717, 1.165) is 12.1 Å². The van der Waals surface area contributed by atoms with Crippen molar-refractivity contribution in [3.05, 3.63) is 77.1 Å². The van der Waals surface area contributed by atoms with Crippen molar-refractivity contribution in [1.29, 1.82) is 0 Å². The molecular weight excluding hydrogens is 521 g/mol. The maximum absolute atomic E-state index is 15.4. The quantitative estimate of drug-likeness (QED) is 0.235. The Hall–Kier alpha value is -3.65. The van der Waals surface area contributed by atoms with Gasteiger partial charge in [-0.2, -0.15) is 8.78 Å². The molecule has 0 saturated heterocycles. The van der Waals surface area contributed by atoms with Crippen molar-refractivity contribution in [2.24, 2.45) is 0 Å². The molecule has 6 nitrogen and oxygen atoms in total. The van der Waals surface area contributed by atoms with E-state index in [1.165, 1.54) is 49.7 Å². The summed E-state index contributed by atoms with van der Waals surface area (Å²) >= 11 is 0. The van der Waals surface area contributed by atoms with Gasteiger partial charge in [0.05, 0.1) is 23.1 Å². The molecule has 6 rings (SSSR count). The Morgan fingerprint density at radius 3 is 2.50 bits per heavy atom. The summed E-state index contributed by atoms with van der Waals surface area (Å²) < 4.78 is 100. The molecule has 1 amide bonds. The van der Waals surface area contributed by atoms with Crippen LogP contribution in [0.3, 0.4) is 0 Å². The first-order chi connectivity index (χ1) is 19.2. The van der Waals surface area contributed by atoms with E-state index in [0.29, 0.717) is 4.90 Å². The molecule has 2 atom stereocenters. The Balaban J connectivity index is 1.61. The molecule has 0 spiro atoms. The molecule has 196 valence electrons. The molecule has 0 radical (unpaired) electrons. The van der Waals surface area contributed by atoms with Crippen molar-refractivity contribution in [2.75, 3.05) is 20.3 Å². The van der Waals surface area contributed by atoms with E-state index in [1.54, 1.807) is 4.57 Å². The van der Waals surface area contributed by atoms with Crippen LogP contribution in [0, 0.1) is 11.6 Å². The number of carbonyl (C=O) groups excluding carboxylic acids is 1. The molecule has 3 heterocycles. The van der Waals surface area contributed by atoms with Gasteiger partial charge in [-0.1, -0.05) is 18.2 Å². The third-order valence-corrected chi connectivity index (χ3v) is 8.62. The number of halogens is 4. The summed E-state index contributed by atoms with van der Waals surface area (Å²) in [4.78, 5) is 18.7. The van der Waals surface area contributed by atoms with Gasteiger partial charge in [0.25, 0.3) is 5.91 Å². The highest BCUT2D eigenvalue weighted by Crippen LogP contribution is 2.50. The number of nitrogens with zero attached hydrogens (tertiary/aromatic N) is 3. The van der Waals surface area contributed by atoms with Gasteiger partial charge in [0.15, 0.2) is 0 Å². The Morgan fingerprint density at radius 1 is 1.05 bits per heavy atom. The highest BCUT2D eigenvalue weighted by molar-refractivity contribution is 7.70.